The Hall–Kier alpha value is -1.42. The summed E-state index contributed by atoms with van der Waals surface area (Å²) in [6.07, 6.45) is 11.0. The van der Waals surface area contributed by atoms with Crippen molar-refractivity contribution in [2.45, 2.75) is 96.6 Å². The molecule has 4 heteroatoms. The molecule has 1 amide bonds. The molecule has 2 N–H and O–H groups in total. The first-order valence-corrected chi connectivity index (χ1v) is 13.5. The van der Waals surface area contributed by atoms with E-state index in [4.69, 9.17) is 0 Å². The number of benzene rings is 1. The van der Waals surface area contributed by atoms with Crippen LogP contribution in [-0.2, 0) is 4.79 Å². The van der Waals surface area contributed by atoms with Gasteiger partial charge in [0.2, 0.25) is 5.91 Å². The molecule has 4 fully saturated rings. The van der Waals surface area contributed by atoms with Gasteiger partial charge in [-0.25, -0.2) is 4.39 Å². The van der Waals surface area contributed by atoms with Crippen molar-refractivity contribution >= 4 is 5.91 Å². The van der Waals surface area contributed by atoms with Crippen molar-refractivity contribution in [1.29, 1.82) is 0 Å². The second-order valence-corrected chi connectivity index (χ2v) is 12.4. The van der Waals surface area contributed by atoms with Gasteiger partial charge in [0.25, 0.3) is 0 Å². The van der Waals surface area contributed by atoms with Crippen molar-refractivity contribution in [2.24, 2.45) is 40.9 Å². The fourth-order valence-electron chi connectivity index (χ4n) is 8.90. The van der Waals surface area contributed by atoms with Crippen LogP contribution in [0.3, 0.4) is 0 Å². The normalized spacial score (nSPS) is 43.2. The van der Waals surface area contributed by atoms with Crippen LogP contribution in [0.15, 0.2) is 24.3 Å². The van der Waals surface area contributed by atoms with Crippen molar-refractivity contribution < 1.29 is 14.3 Å². The number of halogens is 1. The molecule has 0 spiro atoms. The number of nitrogens with one attached hydrogen (secondary N) is 1. The van der Waals surface area contributed by atoms with Crippen molar-refractivity contribution in [3.63, 3.8) is 0 Å². The highest BCUT2D eigenvalue weighted by molar-refractivity contribution is 5.80. The molecule has 0 aromatic heterocycles. The molecule has 4 saturated carbocycles. The van der Waals surface area contributed by atoms with E-state index in [0.29, 0.717) is 11.8 Å². The molecule has 0 heterocycles. The van der Waals surface area contributed by atoms with Crippen molar-refractivity contribution in [3.8, 4) is 0 Å². The lowest BCUT2D eigenvalue weighted by Crippen LogP contribution is -2.51. The molecule has 0 saturated heterocycles. The summed E-state index contributed by atoms with van der Waals surface area (Å²) in [5.41, 5.74) is 0.620. The third-order valence-corrected chi connectivity index (χ3v) is 10.6. The van der Waals surface area contributed by atoms with Gasteiger partial charge in [-0.2, -0.15) is 0 Å². The largest absolute Gasteiger partial charge is 0.390 e. The lowest BCUT2D eigenvalue weighted by molar-refractivity contribution is -0.135. The summed E-state index contributed by atoms with van der Waals surface area (Å²) < 4.78 is 13.4. The van der Waals surface area contributed by atoms with Crippen LogP contribution in [-0.4, -0.2) is 16.6 Å². The number of carbonyl (C=O) groups excluding carboxylic acids is 1. The predicted molar refractivity (Wildman–Crippen MR) is 129 cm³/mol. The van der Waals surface area contributed by atoms with Gasteiger partial charge in [-0.1, -0.05) is 26.0 Å². The molecule has 1 aromatic rings. The van der Waals surface area contributed by atoms with Crippen LogP contribution in [0.1, 0.15) is 96.6 Å². The van der Waals surface area contributed by atoms with Crippen molar-refractivity contribution in [1.82, 2.24) is 5.32 Å². The van der Waals surface area contributed by atoms with Crippen LogP contribution >= 0.6 is 0 Å². The average molecular weight is 456 g/mol. The van der Waals surface area contributed by atoms with Gasteiger partial charge in [-0.3, -0.25) is 4.79 Å². The SMILES string of the molecule is CC[C@@H](NC(=O)[C@H]1CC[C@H]2[C@@H]3CC[C@@H]4C[C@](C)(O)CC[C@@H]4[C@H]3CC[C@]12C)c1ccc(F)cc1. The Labute approximate surface area is 198 Å². The minimum absolute atomic E-state index is 0.0532. The van der Waals surface area contributed by atoms with Crippen LogP contribution in [0.5, 0.6) is 0 Å². The Morgan fingerprint density at radius 3 is 2.48 bits per heavy atom. The van der Waals surface area contributed by atoms with Crippen LogP contribution in [0.25, 0.3) is 0 Å². The van der Waals surface area contributed by atoms with Crippen molar-refractivity contribution in [3.05, 3.63) is 35.6 Å². The lowest BCUT2D eigenvalue weighted by atomic mass is 9.49. The lowest BCUT2D eigenvalue weighted by Gasteiger charge is -2.56. The molecule has 0 radical (unpaired) electrons. The predicted octanol–water partition coefficient (Wildman–Crippen LogP) is 6.41. The Morgan fingerprint density at radius 1 is 1.03 bits per heavy atom. The molecule has 182 valence electrons. The number of rotatable bonds is 4. The van der Waals surface area contributed by atoms with E-state index >= 15 is 0 Å². The smallest absolute Gasteiger partial charge is 0.224 e. The first-order chi connectivity index (χ1) is 15.7. The Morgan fingerprint density at radius 2 is 1.76 bits per heavy atom. The summed E-state index contributed by atoms with van der Waals surface area (Å²) in [6.45, 7) is 6.52. The summed E-state index contributed by atoms with van der Waals surface area (Å²) >= 11 is 0. The van der Waals surface area contributed by atoms with Gasteiger partial charge >= 0.3 is 0 Å². The van der Waals surface area contributed by atoms with Gasteiger partial charge in [-0.15, -0.1) is 0 Å². The number of hydrogen-bond donors (Lipinski definition) is 2. The van der Waals surface area contributed by atoms with E-state index in [1.807, 2.05) is 6.92 Å². The zero-order chi connectivity index (χ0) is 23.4. The number of hydrogen-bond acceptors (Lipinski definition) is 2. The highest BCUT2D eigenvalue weighted by Crippen LogP contribution is 2.64. The van der Waals surface area contributed by atoms with E-state index in [-0.39, 0.29) is 29.1 Å². The van der Waals surface area contributed by atoms with E-state index < -0.39 is 5.60 Å². The fourth-order valence-corrected chi connectivity index (χ4v) is 8.90. The van der Waals surface area contributed by atoms with Crippen LogP contribution < -0.4 is 5.32 Å². The highest BCUT2D eigenvalue weighted by atomic mass is 19.1. The summed E-state index contributed by atoms with van der Waals surface area (Å²) in [4.78, 5) is 13.6. The Bertz CT molecular complexity index is 867. The molecule has 0 aliphatic heterocycles. The Kier molecular flexibility index (Phi) is 6.12. The zero-order valence-corrected chi connectivity index (χ0v) is 20.7. The standard InChI is InChI=1S/C29H42FNO2/c1-4-26(18-5-8-20(30)9-6-18)31-27(32)25-12-11-24-23-10-7-19-17-28(2,33)15-13-21(19)22(23)14-16-29(24,25)3/h5-6,8-9,19,21-26,33H,4,7,10-17H2,1-3H3,(H,31,32)/t19-,21+,22-,23-,24+,25-,26-,28-,29+/m1/s1. The maximum absolute atomic E-state index is 13.6. The maximum Gasteiger partial charge on any atom is 0.224 e. The Balaban J connectivity index is 1.29. The van der Waals surface area contributed by atoms with Crippen molar-refractivity contribution in [2.75, 3.05) is 0 Å². The van der Waals surface area contributed by atoms with Crippen LogP contribution in [0.4, 0.5) is 4.39 Å². The molecule has 5 rings (SSSR count). The second kappa shape index (κ2) is 8.66. The van der Waals surface area contributed by atoms with E-state index in [1.165, 1.54) is 44.2 Å². The molecule has 0 unspecified atom stereocenters. The molecule has 4 aliphatic rings. The molecule has 4 aliphatic carbocycles. The summed E-state index contributed by atoms with van der Waals surface area (Å²) in [6, 6.07) is 6.52. The third-order valence-electron chi connectivity index (χ3n) is 10.6. The number of carbonyl (C=O) groups is 1. The van der Waals surface area contributed by atoms with Crippen LogP contribution in [0.2, 0.25) is 0 Å². The minimum Gasteiger partial charge on any atom is -0.390 e. The van der Waals surface area contributed by atoms with E-state index in [2.05, 4.69) is 19.2 Å². The van der Waals surface area contributed by atoms with Gasteiger partial charge in [0, 0.05) is 5.92 Å². The number of aliphatic hydroxyl groups is 1. The highest BCUT2D eigenvalue weighted by Gasteiger charge is 2.59. The average Bonchev–Trinajstić information content (AvgIpc) is 3.14. The van der Waals surface area contributed by atoms with Gasteiger partial charge in [0.05, 0.1) is 11.6 Å². The van der Waals surface area contributed by atoms with Gasteiger partial charge in [0.1, 0.15) is 5.82 Å². The zero-order valence-electron chi connectivity index (χ0n) is 20.7. The molecule has 33 heavy (non-hydrogen) atoms. The molecular formula is C29H42FNO2. The summed E-state index contributed by atoms with van der Waals surface area (Å²) in [5.74, 6) is 3.73. The van der Waals surface area contributed by atoms with E-state index in [0.717, 1.165) is 55.4 Å². The summed E-state index contributed by atoms with van der Waals surface area (Å²) in [7, 11) is 0. The first kappa shape index (κ1) is 23.3. The molecule has 1 aromatic carbocycles. The summed E-state index contributed by atoms with van der Waals surface area (Å²) in [5, 5.41) is 14.0. The maximum atomic E-state index is 13.6. The van der Waals surface area contributed by atoms with E-state index in [1.54, 1.807) is 12.1 Å². The number of amides is 1. The number of fused-ring (bicyclic) bond motifs is 5. The molecular weight excluding hydrogens is 413 g/mol. The first-order valence-electron chi connectivity index (χ1n) is 13.5. The minimum atomic E-state index is -0.464. The fraction of sp³-hybridized carbons (Fsp3) is 0.759. The van der Waals surface area contributed by atoms with Gasteiger partial charge in [0.15, 0.2) is 0 Å². The van der Waals surface area contributed by atoms with Gasteiger partial charge in [-0.05, 0) is 124 Å². The third kappa shape index (κ3) is 4.15. The second-order valence-electron chi connectivity index (χ2n) is 12.4. The molecule has 0 bridgehead atoms. The molecule has 9 atom stereocenters. The topological polar surface area (TPSA) is 49.3 Å². The van der Waals surface area contributed by atoms with Gasteiger partial charge < -0.3 is 10.4 Å². The quantitative estimate of drug-likeness (QED) is 0.551. The van der Waals surface area contributed by atoms with Crippen LogP contribution in [0, 0.1) is 46.7 Å². The van der Waals surface area contributed by atoms with E-state index in [9.17, 15) is 14.3 Å². The molecule has 3 nitrogen and oxygen atoms in total. The monoisotopic (exact) mass is 455 g/mol.